The number of aromatic nitrogens is 2. The largest absolute Gasteiger partial charge is 0.369 e. The zero-order chi connectivity index (χ0) is 23.4. The van der Waals surface area contributed by atoms with Crippen molar-refractivity contribution in [3.8, 4) is 11.3 Å². The van der Waals surface area contributed by atoms with E-state index in [1.165, 1.54) is 22.5 Å². The molecule has 176 valence electrons. The summed E-state index contributed by atoms with van der Waals surface area (Å²) in [7, 11) is 0. The van der Waals surface area contributed by atoms with Crippen LogP contribution in [-0.2, 0) is 12.1 Å². The van der Waals surface area contributed by atoms with Crippen LogP contribution in [0.1, 0.15) is 32.0 Å². The molecule has 1 fully saturated rings. The first-order chi connectivity index (χ1) is 15.8. The number of halogens is 1. The van der Waals surface area contributed by atoms with Gasteiger partial charge in [-0.3, -0.25) is 9.58 Å². The van der Waals surface area contributed by atoms with Gasteiger partial charge in [-0.05, 0) is 57.5 Å². The van der Waals surface area contributed by atoms with Crippen molar-refractivity contribution in [3.63, 3.8) is 0 Å². The minimum absolute atomic E-state index is 0.0683. The van der Waals surface area contributed by atoms with Crippen molar-refractivity contribution in [2.45, 2.75) is 39.8 Å². The minimum atomic E-state index is -0.0683. The quantitative estimate of drug-likeness (QED) is 0.488. The molecule has 0 bridgehead atoms. The van der Waals surface area contributed by atoms with E-state index >= 15 is 0 Å². The van der Waals surface area contributed by atoms with Crippen LogP contribution in [0.2, 0.25) is 5.02 Å². The molecule has 1 aliphatic rings. The van der Waals surface area contributed by atoms with E-state index in [-0.39, 0.29) is 5.54 Å². The average Bonchev–Trinajstić information content (AvgIpc) is 3.23. The molecule has 2 heterocycles. The first-order valence-electron chi connectivity index (χ1n) is 11.9. The van der Waals surface area contributed by atoms with Crippen LogP contribution in [-0.4, -0.2) is 53.9 Å². The van der Waals surface area contributed by atoms with Gasteiger partial charge in [0.15, 0.2) is 0 Å². The number of hydrogen-bond donors (Lipinski definition) is 1. The maximum atomic E-state index is 6.15. The highest BCUT2D eigenvalue weighted by Crippen LogP contribution is 2.27. The Hall–Kier alpha value is -2.34. The normalized spacial score (nSPS) is 15.2. The molecular weight excluding hydrogens is 430 g/mol. The van der Waals surface area contributed by atoms with Crippen LogP contribution >= 0.6 is 11.6 Å². The summed E-state index contributed by atoms with van der Waals surface area (Å²) in [5, 5.41) is 9.35. The third-order valence-corrected chi connectivity index (χ3v) is 6.43. The number of hydrogen-bond acceptors (Lipinski definition) is 4. The number of rotatable bonds is 7. The predicted molar refractivity (Wildman–Crippen MR) is 139 cm³/mol. The lowest BCUT2D eigenvalue weighted by atomic mass is 10.1. The van der Waals surface area contributed by atoms with E-state index in [0.717, 1.165) is 56.5 Å². The standard InChI is InChI=1S/C27H36ClN5/c1-21-8-10-22(11-9-21)26-19-24(30-33(26)27(2,3)4)20-29-12-13-31-14-16-32(17-15-31)25-7-5-6-23(28)18-25/h5-11,18-19,29H,12-17,20H2,1-4H3. The first-order valence-corrected chi connectivity index (χ1v) is 12.3. The summed E-state index contributed by atoms with van der Waals surface area (Å²) < 4.78 is 2.16. The number of nitrogens with zero attached hydrogens (tertiary/aromatic N) is 4. The Labute approximate surface area is 203 Å². The topological polar surface area (TPSA) is 36.3 Å². The molecule has 1 N–H and O–H groups in total. The Morgan fingerprint density at radius 2 is 1.70 bits per heavy atom. The average molecular weight is 466 g/mol. The van der Waals surface area contributed by atoms with Crippen LogP contribution in [0.25, 0.3) is 11.3 Å². The van der Waals surface area contributed by atoms with Crippen LogP contribution in [0.3, 0.4) is 0 Å². The third kappa shape index (κ3) is 6.17. The Balaban J connectivity index is 1.28. The summed E-state index contributed by atoms with van der Waals surface area (Å²) >= 11 is 6.15. The molecule has 2 aromatic carbocycles. The molecule has 6 heteroatoms. The summed E-state index contributed by atoms with van der Waals surface area (Å²) in [6, 6.07) is 19.1. The van der Waals surface area contributed by atoms with Crippen LogP contribution < -0.4 is 10.2 Å². The van der Waals surface area contributed by atoms with E-state index in [1.54, 1.807) is 0 Å². The Morgan fingerprint density at radius 1 is 0.970 bits per heavy atom. The number of aryl methyl sites for hydroxylation is 1. The lowest BCUT2D eigenvalue weighted by Gasteiger charge is -2.36. The number of benzene rings is 2. The monoisotopic (exact) mass is 465 g/mol. The van der Waals surface area contributed by atoms with Gasteiger partial charge in [-0.1, -0.05) is 47.5 Å². The van der Waals surface area contributed by atoms with Crippen LogP contribution in [0.15, 0.2) is 54.6 Å². The van der Waals surface area contributed by atoms with Gasteiger partial charge in [0, 0.05) is 56.5 Å². The molecule has 0 spiro atoms. The molecule has 5 nitrogen and oxygen atoms in total. The highest BCUT2D eigenvalue weighted by Gasteiger charge is 2.21. The van der Waals surface area contributed by atoms with Crippen molar-refractivity contribution in [1.82, 2.24) is 20.0 Å². The lowest BCUT2D eigenvalue weighted by molar-refractivity contribution is 0.257. The minimum Gasteiger partial charge on any atom is -0.369 e. The maximum Gasteiger partial charge on any atom is 0.0769 e. The fraction of sp³-hybridized carbons (Fsp3) is 0.444. The molecule has 0 aliphatic carbocycles. The van der Waals surface area contributed by atoms with Gasteiger partial charge in [0.1, 0.15) is 0 Å². The zero-order valence-corrected chi connectivity index (χ0v) is 21.1. The van der Waals surface area contributed by atoms with Gasteiger partial charge in [0.25, 0.3) is 0 Å². The first kappa shape index (κ1) is 23.8. The Morgan fingerprint density at radius 3 is 2.36 bits per heavy atom. The smallest absolute Gasteiger partial charge is 0.0769 e. The second-order valence-electron chi connectivity index (χ2n) is 9.95. The second kappa shape index (κ2) is 10.3. The summed E-state index contributed by atoms with van der Waals surface area (Å²) in [5.74, 6) is 0. The predicted octanol–water partition coefficient (Wildman–Crippen LogP) is 5.18. The van der Waals surface area contributed by atoms with Gasteiger partial charge < -0.3 is 10.2 Å². The third-order valence-electron chi connectivity index (χ3n) is 6.20. The van der Waals surface area contributed by atoms with Crippen molar-refractivity contribution in [2.24, 2.45) is 0 Å². The van der Waals surface area contributed by atoms with Gasteiger partial charge in [-0.2, -0.15) is 5.10 Å². The molecule has 1 saturated heterocycles. The molecule has 4 rings (SSSR count). The SMILES string of the molecule is Cc1ccc(-c2cc(CNCCN3CCN(c4cccc(Cl)c4)CC3)nn2C(C)(C)C)cc1. The molecular formula is C27H36ClN5. The zero-order valence-electron chi connectivity index (χ0n) is 20.3. The highest BCUT2D eigenvalue weighted by atomic mass is 35.5. The van der Waals surface area contributed by atoms with Gasteiger partial charge in [-0.15, -0.1) is 0 Å². The molecule has 0 radical (unpaired) electrons. The number of piperazine rings is 1. The summed E-state index contributed by atoms with van der Waals surface area (Å²) in [4.78, 5) is 4.95. The molecule has 0 atom stereocenters. The summed E-state index contributed by atoms with van der Waals surface area (Å²) in [6.07, 6.45) is 0. The molecule has 0 unspecified atom stereocenters. The van der Waals surface area contributed by atoms with E-state index in [9.17, 15) is 0 Å². The maximum absolute atomic E-state index is 6.15. The van der Waals surface area contributed by atoms with E-state index in [0.29, 0.717) is 0 Å². The van der Waals surface area contributed by atoms with E-state index < -0.39 is 0 Å². The second-order valence-corrected chi connectivity index (χ2v) is 10.4. The highest BCUT2D eigenvalue weighted by molar-refractivity contribution is 6.30. The van der Waals surface area contributed by atoms with E-state index in [2.05, 4.69) is 90.0 Å². The van der Waals surface area contributed by atoms with Crippen LogP contribution in [0, 0.1) is 6.92 Å². The van der Waals surface area contributed by atoms with Crippen molar-refractivity contribution in [1.29, 1.82) is 0 Å². The molecule has 1 aliphatic heterocycles. The summed E-state index contributed by atoms with van der Waals surface area (Å²) in [5.41, 5.74) is 5.91. The molecule has 0 saturated carbocycles. The van der Waals surface area contributed by atoms with Crippen molar-refractivity contribution < 1.29 is 0 Å². The van der Waals surface area contributed by atoms with Crippen LogP contribution in [0.5, 0.6) is 0 Å². The fourth-order valence-corrected chi connectivity index (χ4v) is 4.50. The van der Waals surface area contributed by atoms with Crippen molar-refractivity contribution >= 4 is 17.3 Å². The van der Waals surface area contributed by atoms with Crippen molar-refractivity contribution in [3.05, 3.63) is 70.9 Å². The Bertz CT molecular complexity index is 1040. The van der Waals surface area contributed by atoms with E-state index in [4.69, 9.17) is 16.7 Å². The summed E-state index contributed by atoms with van der Waals surface area (Å²) in [6.45, 7) is 15.8. The fourth-order valence-electron chi connectivity index (χ4n) is 4.31. The molecule has 33 heavy (non-hydrogen) atoms. The lowest BCUT2D eigenvalue weighted by Crippen LogP contribution is -2.48. The molecule has 1 aromatic heterocycles. The number of nitrogens with one attached hydrogen (secondary N) is 1. The van der Waals surface area contributed by atoms with Gasteiger partial charge in [-0.25, -0.2) is 0 Å². The molecule has 0 amide bonds. The van der Waals surface area contributed by atoms with Gasteiger partial charge >= 0.3 is 0 Å². The molecule has 3 aromatic rings. The van der Waals surface area contributed by atoms with Crippen LogP contribution in [0.4, 0.5) is 5.69 Å². The van der Waals surface area contributed by atoms with Gasteiger partial charge in [0.2, 0.25) is 0 Å². The van der Waals surface area contributed by atoms with Crippen molar-refractivity contribution in [2.75, 3.05) is 44.2 Å². The Kier molecular flexibility index (Phi) is 7.42. The number of anilines is 1. The van der Waals surface area contributed by atoms with E-state index in [1.807, 2.05) is 12.1 Å². The van der Waals surface area contributed by atoms with Gasteiger partial charge in [0.05, 0.1) is 16.9 Å².